The van der Waals surface area contributed by atoms with Crippen LogP contribution in [0.1, 0.15) is 0 Å². The lowest BCUT2D eigenvalue weighted by Crippen LogP contribution is -1.89. The van der Waals surface area contributed by atoms with Crippen LogP contribution >= 0.6 is 11.1 Å². The molecular formula is C7H11NS. The molecule has 0 saturated carbocycles. The maximum atomic E-state index is 5.68. The molecule has 1 aromatic rings. The summed E-state index contributed by atoms with van der Waals surface area (Å²) >= 11 is -0.396. The van der Waals surface area contributed by atoms with E-state index in [1.54, 1.807) is 0 Å². The molecule has 0 aliphatic carbocycles. The topological polar surface area (TPSA) is 26.0 Å². The Hall–Kier alpha value is -0.470. The fourth-order valence-electron chi connectivity index (χ4n) is 0.663. The SMILES string of the molecule is C[SH](N)c1ccccc1. The Morgan fingerprint density at radius 1 is 1.22 bits per heavy atom. The summed E-state index contributed by atoms with van der Waals surface area (Å²) in [6.45, 7) is 0. The Labute approximate surface area is 58.4 Å². The molecule has 1 atom stereocenters. The molecule has 0 amide bonds. The van der Waals surface area contributed by atoms with Crippen LogP contribution in [0.25, 0.3) is 0 Å². The molecule has 0 fully saturated rings. The van der Waals surface area contributed by atoms with E-state index in [1.807, 2.05) is 24.5 Å². The number of nitrogens with two attached hydrogens (primary N) is 1. The van der Waals surface area contributed by atoms with E-state index in [1.165, 1.54) is 4.90 Å². The van der Waals surface area contributed by atoms with E-state index in [-0.39, 0.29) is 0 Å². The minimum absolute atomic E-state index is 0.396. The van der Waals surface area contributed by atoms with Crippen LogP contribution < -0.4 is 5.14 Å². The Morgan fingerprint density at radius 2 is 1.78 bits per heavy atom. The van der Waals surface area contributed by atoms with Crippen LogP contribution in [0.2, 0.25) is 0 Å². The smallest absolute Gasteiger partial charge is 0.000919 e. The van der Waals surface area contributed by atoms with Crippen LogP contribution in [0, 0.1) is 0 Å². The predicted molar refractivity (Wildman–Crippen MR) is 43.8 cm³/mol. The van der Waals surface area contributed by atoms with Gasteiger partial charge in [-0.3, -0.25) is 5.14 Å². The summed E-state index contributed by atoms with van der Waals surface area (Å²) in [6, 6.07) is 10.2. The predicted octanol–water partition coefficient (Wildman–Crippen LogP) is 1.55. The third kappa shape index (κ3) is 1.73. The van der Waals surface area contributed by atoms with E-state index in [9.17, 15) is 0 Å². The van der Waals surface area contributed by atoms with E-state index in [0.717, 1.165) is 0 Å². The van der Waals surface area contributed by atoms with E-state index in [0.29, 0.717) is 0 Å². The normalized spacial score (nSPS) is 15.1. The fourth-order valence-corrected chi connectivity index (χ4v) is 1.31. The Bertz CT molecular complexity index is 172. The molecule has 0 spiro atoms. The van der Waals surface area contributed by atoms with Crippen LogP contribution in [0.3, 0.4) is 0 Å². The van der Waals surface area contributed by atoms with Crippen molar-refractivity contribution in [2.75, 3.05) is 6.26 Å². The van der Waals surface area contributed by atoms with Gasteiger partial charge in [0.05, 0.1) is 0 Å². The zero-order valence-electron chi connectivity index (χ0n) is 5.41. The second kappa shape index (κ2) is 2.90. The first-order valence-electron chi connectivity index (χ1n) is 2.84. The molecule has 0 aromatic heterocycles. The number of thiol groups is 1. The van der Waals surface area contributed by atoms with Crippen molar-refractivity contribution in [1.82, 2.24) is 0 Å². The maximum Gasteiger partial charge on any atom is -0.000919 e. The lowest BCUT2D eigenvalue weighted by atomic mass is 10.4. The zero-order valence-corrected chi connectivity index (χ0v) is 6.31. The molecule has 1 nitrogen and oxygen atoms in total. The average molecular weight is 141 g/mol. The van der Waals surface area contributed by atoms with Gasteiger partial charge < -0.3 is 0 Å². The molecule has 0 radical (unpaired) electrons. The molecule has 1 unspecified atom stereocenters. The molecule has 2 heteroatoms. The number of rotatable bonds is 1. The first-order valence-corrected chi connectivity index (χ1v) is 4.70. The van der Waals surface area contributed by atoms with Crippen LogP contribution in [0.4, 0.5) is 0 Å². The molecule has 0 aliphatic heterocycles. The first kappa shape index (κ1) is 6.65. The molecular weight excluding hydrogens is 130 g/mol. The van der Waals surface area contributed by atoms with Gasteiger partial charge in [0.1, 0.15) is 0 Å². The highest BCUT2D eigenvalue weighted by molar-refractivity contribution is 8.14. The second-order valence-electron chi connectivity index (χ2n) is 1.95. The third-order valence-electron chi connectivity index (χ3n) is 1.16. The maximum absolute atomic E-state index is 5.68. The molecule has 0 bridgehead atoms. The van der Waals surface area contributed by atoms with Crippen LogP contribution in [-0.4, -0.2) is 6.26 Å². The minimum atomic E-state index is -0.396. The van der Waals surface area contributed by atoms with Gasteiger partial charge in [0.15, 0.2) is 0 Å². The highest BCUT2D eigenvalue weighted by Gasteiger charge is 1.89. The van der Waals surface area contributed by atoms with Crippen molar-refractivity contribution >= 4 is 11.1 Å². The van der Waals surface area contributed by atoms with Crippen molar-refractivity contribution in [1.29, 1.82) is 0 Å². The van der Waals surface area contributed by atoms with E-state index in [4.69, 9.17) is 5.14 Å². The quantitative estimate of drug-likeness (QED) is 0.570. The highest BCUT2D eigenvalue weighted by Crippen LogP contribution is 2.22. The van der Waals surface area contributed by atoms with Crippen molar-refractivity contribution in [2.45, 2.75) is 4.90 Å². The lowest BCUT2D eigenvalue weighted by Gasteiger charge is -2.07. The molecule has 2 N–H and O–H groups in total. The van der Waals surface area contributed by atoms with Crippen LogP contribution in [0.5, 0.6) is 0 Å². The fraction of sp³-hybridized carbons (Fsp3) is 0.143. The minimum Gasteiger partial charge on any atom is -0.293 e. The molecule has 0 saturated heterocycles. The average Bonchev–Trinajstić information content (AvgIpc) is 1.90. The molecule has 1 aromatic carbocycles. The number of hydrogen-bond acceptors (Lipinski definition) is 1. The molecule has 1 rings (SSSR count). The van der Waals surface area contributed by atoms with Gasteiger partial charge in [-0.25, -0.2) is 0 Å². The van der Waals surface area contributed by atoms with E-state index < -0.39 is 11.1 Å². The monoisotopic (exact) mass is 141 g/mol. The zero-order chi connectivity index (χ0) is 6.69. The van der Waals surface area contributed by atoms with Crippen molar-refractivity contribution in [3.63, 3.8) is 0 Å². The molecule has 0 heterocycles. The van der Waals surface area contributed by atoms with Gasteiger partial charge in [0.25, 0.3) is 0 Å². The van der Waals surface area contributed by atoms with Gasteiger partial charge in [0, 0.05) is 0 Å². The van der Waals surface area contributed by atoms with Gasteiger partial charge in [-0.2, -0.15) is 11.1 Å². The molecule has 50 valence electrons. The Kier molecular flexibility index (Phi) is 2.14. The van der Waals surface area contributed by atoms with Gasteiger partial charge in [0.2, 0.25) is 0 Å². The van der Waals surface area contributed by atoms with Gasteiger partial charge in [-0.15, -0.1) is 0 Å². The summed E-state index contributed by atoms with van der Waals surface area (Å²) in [5.41, 5.74) is 0. The highest BCUT2D eigenvalue weighted by atomic mass is 32.2. The summed E-state index contributed by atoms with van der Waals surface area (Å²) in [5, 5.41) is 5.68. The first-order chi connectivity index (χ1) is 4.30. The van der Waals surface area contributed by atoms with Crippen molar-refractivity contribution in [3.8, 4) is 0 Å². The van der Waals surface area contributed by atoms with E-state index in [2.05, 4.69) is 12.1 Å². The van der Waals surface area contributed by atoms with Crippen LogP contribution in [-0.2, 0) is 0 Å². The standard InChI is InChI=1S/C7H11NS/c1-9(8)7-5-3-2-4-6-7/h2-6,9H,8H2,1H3. The van der Waals surface area contributed by atoms with Gasteiger partial charge in [-0.1, -0.05) is 18.2 Å². The Morgan fingerprint density at radius 3 is 2.11 bits per heavy atom. The summed E-state index contributed by atoms with van der Waals surface area (Å²) in [4.78, 5) is 1.26. The van der Waals surface area contributed by atoms with Gasteiger partial charge >= 0.3 is 0 Å². The summed E-state index contributed by atoms with van der Waals surface area (Å²) in [5.74, 6) is 0. The van der Waals surface area contributed by atoms with Gasteiger partial charge in [-0.05, 0) is 23.3 Å². The number of hydrogen-bond donors (Lipinski definition) is 2. The Balaban J connectivity index is 2.85. The van der Waals surface area contributed by atoms with Crippen LogP contribution in [0.15, 0.2) is 35.2 Å². The second-order valence-corrected chi connectivity index (χ2v) is 3.68. The van der Waals surface area contributed by atoms with E-state index >= 15 is 0 Å². The van der Waals surface area contributed by atoms with Crippen molar-refractivity contribution in [3.05, 3.63) is 30.3 Å². The molecule has 9 heavy (non-hydrogen) atoms. The summed E-state index contributed by atoms with van der Waals surface area (Å²) in [7, 11) is 0. The van der Waals surface area contributed by atoms with Crippen molar-refractivity contribution < 1.29 is 0 Å². The third-order valence-corrected chi connectivity index (χ3v) is 2.28. The summed E-state index contributed by atoms with van der Waals surface area (Å²) < 4.78 is 0. The lowest BCUT2D eigenvalue weighted by molar-refractivity contribution is 1.45. The van der Waals surface area contributed by atoms with Crippen molar-refractivity contribution in [2.24, 2.45) is 5.14 Å². The molecule has 0 aliphatic rings. The largest absolute Gasteiger partial charge is 0.293 e. The number of benzene rings is 1. The summed E-state index contributed by atoms with van der Waals surface area (Å²) in [6.07, 6.45) is 2.05.